The highest BCUT2D eigenvalue weighted by Crippen LogP contribution is 2.39. The number of halogens is 2. The van der Waals surface area contributed by atoms with Crippen molar-refractivity contribution in [1.29, 1.82) is 0 Å². The van der Waals surface area contributed by atoms with Crippen LogP contribution in [0.5, 0.6) is 0 Å². The van der Waals surface area contributed by atoms with Gasteiger partial charge in [0.2, 0.25) is 5.95 Å². The molecule has 1 aliphatic carbocycles. The molecule has 0 radical (unpaired) electrons. The van der Waals surface area contributed by atoms with Gasteiger partial charge in [0.05, 0.1) is 0 Å². The van der Waals surface area contributed by atoms with Crippen LogP contribution in [0.2, 0.25) is 0 Å². The quantitative estimate of drug-likeness (QED) is 0.596. The minimum atomic E-state index is -1.05. The molecule has 1 nitrogen and oxygen atoms in total. The van der Waals surface area contributed by atoms with Crippen LogP contribution in [0.4, 0.5) is 8.78 Å². The number of aromatic nitrogens is 1. The lowest BCUT2D eigenvalue weighted by atomic mass is 9.73. The summed E-state index contributed by atoms with van der Waals surface area (Å²) in [5.41, 5.74) is 2.80. The van der Waals surface area contributed by atoms with Gasteiger partial charge in [-0.15, -0.1) is 0 Å². The Morgan fingerprint density at radius 2 is 1.71 bits per heavy atom. The molecule has 0 bridgehead atoms. The van der Waals surface area contributed by atoms with E-state index in [4.69, 9.17) is 0 Å². The molecular weight excluding hydrogens is 304 g/mol. The minimum absolute atomic E-state index is 0.542. The first-order chi connectivity index (χ1) is 11.6. The fraction of sp³-hybridized carbons (Fsp3) is 0.476. The van der Waals surface area contributed by atoms with E-state index < -0.39 is 11.8 Å². The zero-order chi connectivity index (χ0) is 17.1. The summed E-state index contributed by atoms with van der Waals surface area (Å²) < 4.78 is 26.3. The Labute approximate surface area is 143 Å². The first-order valence-corrected chi connectivity index (χ1v) is 8.99. The van der Waals surface area contributed by atoms with Gasteiger partial charge in [-0.1, -0.05) is 57.4 Å². The maximum atomic E-state index is 13.3. The van der Waals surface area contributed by atoms with Crippen molar-refractivity contribution in [2.24, 2.45) is 11.8 Å². The van der Waals surface area contributed by atoms with E-state index in [1.54, 1.807) is 0 Å². The molecule has 0 amide bonds. The molecule has 24 heavy (non-hydrogen) atoms. The van der Waals surface area contributed by atoms with Crippen molar-refractivity contribution in [2.75, 3.05) is 0 Å². The van der Waals surface area contributed by atoms with Crippen LogP contribution in [0.25, 0.3) is 11.1 Å². The van der Waals surface area contributed by atoms with E-state index in [0.29, 0.717) is 11.5 Å². The SMILES string of the molecule is CCC1CCC(C(C)c2ccc(-c3cnc(F)c(F)c3)cc2)CC1. The van der Waals surface area contributed by atoms with E-state index in [9.17, 15) is 8.78 Å². The van der Waals surface area contributed by atoms with Gasteiger partial charge in [0.15, 0.2) is 5.82 Å². The number of rotatable bonds is 4. The number of hydrogen-bond donors (Lipinski definition) is 0. The molecule has 1 fully saturated rings. The van der Waals surface area contributed by atoms with Crippen LogP contribution in [0.15, 0.2) is 36.5 Å². The lowest BCUT2D eigenvalue weighted by Crippen LogP contribution is -2.18. The largest absolute Gasteiger partial charge is 0.248 e. The number of benzene rings is 1. The second-order valence-corrected chi connectivity index (χ2v) is 7.10. The Hall–Kier alpha value is -1.77. The molecular formula is C21H25F2N. The Balaban J connectivity index is 1.71. The van der Waals surface area contributed by atoms with Crippen molar-refractivity contribution < 1.29 is 8.78 Å². The van der Waals surface area contributed by atoms with E-state index in [1.807, 2.05) is 12.1 Å². The summed E-state index contributed by atoms with van der Waals surface area (Å²) in [6.07, 6.45) is 8.01. The predicted molar refractivity (Wildman–Crippen MR) is 93.7 cm³/mol. The van der Waals surface area contributed by atoms with E-state index in [0.717, 1.165) is 17.4 Å². The summed E-state index contributed by atoms with van der Waals surface area (Å²) in [5.74, 6) is 0.254. The van der Waals surface area contributed by atoms with E-state index >= 15 is 0 Å². The van der Waals surface area contributed by atoms with Crippen molar-refractivity contribution in [1.82, 2.24) is 4.98 Å². The van der Waals surface area contributed by atoms with Gasteiger partial charge in [-0.2, -0.15) is 4.39 Å². The van der Waals surface area contributed by atoms with Crippen LogP contribution in [-0.2, 0) is 0 Å². The summed E-state index contributed by atoms with van der Waals surface area (Å²) in [4.78, 5) is 3.46. The third-order valence-electron chi connectivity index (χ3n) is 5.74. The highest BCUT2D eigenvalue weighted by atomic mass is 19.2. The normalized spacial score (nSPS) is 22.3. The van der Waals surface area contributed by atoms with Crippen molar-refractivity contribution >= 4 is 0 Å². The van der Waals surface area contributed by atoms with Gasteiger partial charge in [0, 0.05) is 11.8 Å². The Kier molecular flexibility index (Phi) is 5.27. The van der Waals surface area contributed by atoms with Gasteiger partial charge in [0.25, 0.3) is 0 Å². The van der Waals surface area contributed by atoms with Crippen LogP contribution in [0, 0.1) is 23.6 Å². The second-order valence-electron chi connectivity index (χ2n) is 7.10. The van der Waals surface area contributed by atoms with Crippen LogP contribution < -0.4 is 0 Å². The lowest BCUT2D eigenvalue weighted by Gasteiger charge is -2.32. The maximum absolute atomic E-state index is 13.3. The third-order valence-corrected chi connectivity index (χ3v) is 5.74. The summed E-state index contributed by atoms with van der Waals surface area (Å²) in [6.45, 7) is 4.60. The number of hydrogen-bond acceptors (Lipinski definition) is 1. The van der Waals surface area contributed by atoms with Crippen molar-refractivity contribution in [3.8, 4) is 11.1 Å². The number of pyridine rings is 1. The average molecular weight is 329 g/mol. The monoisotopic (exact) mass is 329 g/mol. The van der Waals surface area contributed by atoms with Crippen LogP contribution >= 0.6 is 0 Å². The molecule has 3 rings (SSSR count). The fourth-order valence-corrected chi connectivity index (χ4v) is 3.93. The Bertz CT molecular complexity index is 673. The van der Waals surface area contributed by atoms with Crippen LogP contribution in [0.3, 0.4) is 0 Å². The number of nitrogens with zero attached hydrogens (tertiary/aromatic N) is 1. The highest BCUT2D eigenvalue weighted by Gasteiger charge is 2.25. The minimum Gasteiger partial charge on any atom is -0.225 e. The Morgan fingerprint density at radius 3 is 2.29 bits per heavy atom. The summed E-state index contributed by atoms with van der Waals surface area (Å²) in [5, 5.41) is 0. The molecule has 1 aliphatic rings. The average Bonchev–Trinajstić information content (AvgIpc) is 2.63. The van der Waals surface area contributed by atoms with E-state index in [2.05, 4.69) is 31.0 Å². The van der Waals surface area contributed by atoms with Crippen molar-refractivity contribution in [3.05, 3.63) is 53.9 Å². The topological polar surface area (TPSA) is 12.9 Å². The molecule has 1 unspecified atom stereocenters. The van der Waals surface area contributed by atoms with Gasteiger partial charge in [-0.05, 0) is 47.8 Å². The van der Waals surface area contributed by atoms with Gasteiger partial charge in [0.1, 0.15) is 0 Å². The molecule has 3 heteroatoms. The molecule has 128 valence electrons. The molecule has 1 aromatic heterocycles. The zero-order valence-corrected chi connectivity index (χ0v) is 14.4. The molecule has 2 aromatic rings. The summed E-state index contributed by atoms with van der Waals surface area (Å²) in [6, 6.07) is 9.41. The molecule has 1 heterocycles. The smallest absolute Gasteiger partial charge is 0.225 e. The maximum Gasteiger partial charge on any atom is 0.248 e. The lowest BCUT2D eigenvalue weighted by molar-refractivity contribution is 0.244. The molecule has 1 atom stereocenters. The van der Waals surface area contributed by atoms with Gasteiger partial charge < -0.3 is 0 Å². The summed E-state index contributed by atoms with van der Waals surface area (Å²) >= 11 is 0. The fourth-order valence-electron chi connectivity index (χ4n) is 3.93. The molecule has 0 saturated heterocycles. The highest BCUT2D eigenvalue weighted by molar-refractivity contribution is 5.62. The third kappa shape index (κ3) is 3.66. The Morgan fingerprint density at radius 1 is 1.04 bits per heavy atom. The zero-order valence-electron chi connectivity index (χ0n) is 14.4. The summed E-state index contributed by atoms with van der Waals surface area (Å²) in [7, 11) is 0. The first-order valence-electron chi connectivity index (χ1n) is 8.99. The molecule has 0 spiro atoms. The first kappa shape index (κ1) is 17.1. The standard InChI is InChI=1S/C21H25F2N/c1-3-15-4-6-16(7-5-15)14(2)17-8-10-18(11-9-17)19-12-20(22)21(23)24-13-19/h8-16H,3-7H2,1-2H3. The van der Waals surface area contributed by atoms with Crippen molar-refractivity contribution in [3.63, 3.8) is 0 Å². The molecule has 1 saturated carbocycles. The molecule has 0 aliphatic heterocycles. The van der Waals surface area contributed by atoms with E-state index in [1.165, 1.54) is 49.9 Å². The predicted octanol–water partition coefficient (Wildman–Crippen LogP) is 6.35. The van der Waals surface area contributed by atoms with Crippen LogP contribution in [0.1, 0.15) is 57.4 Å². The molecule has 1 aromatic carbocycles. The van der Waals surface area contributed by atoms with Crippen LogP contribution in [-0.4, -0.2) is 4.98 Å². The molecule has 0 N–H and O–H groups in total. The van der Waals surface area contributed by atoms with Gasteiger partial charge in [-0.3, -0.25) is 0 Å². The van der Waals surface area contributed by atoms with E-state index in [-0.39, 0.29) is 0 Å². The van der Waals surface area contributed by atoms with Gasteiger partial charge in [-0.25, -0.2) is 9.37 Å². The van der Waals surface area contributed by atoms with Crippen molar-refractivity contribution in [2.45, 2.75) is 51.9 Å². The van der Waals surface area contributed by atoms with Gasteiger partial charge >= 0.3 is 0 Å². The second kappa shape index (κ2) is 7.42.